The molecule has 3 unspecified atom stereocenters. The summed E-state index contributed by atoms with van der Waals surface area (Å²) in [7, 11) is 0. The van der Waals surface area contributed by atoms with E-state index in [4.69, 9.17) is 0 Å². The van der Waals surface area contributed by atoms with Gasteiger partial charge < -0.3 is 10.6 Å². The predicted octanol–water partition coefficient (Wildman–Crippen LogP) is 2.15. The van der Waals surface area contributed by atoms with E-state index in [0.717, 1.165) is 12.0 Å². The largest absolute Gasteiger partial charge is 0.316 e. The van der Waals surface area contributed by atoms with Crippen molar-refractivity contribution in [2.45, 2.75) is 52.0 Å². The zero-order chi connectivity index (χ0) is 10.7. The maximum absolute atomic E-state index is 3.79. The summed E-state index contributed by atoms with van der Waals surface area (Å²) in [5.74, 6) is 0.984. The van der Waals surface area contributed by atoms with E-state index in [1.165, 1.54) is 51.7 Å². The van der Waals surface area contributed by atoms with Crippen LogP contribution in [-0.4, -0.2) is 25.7 Å². The van der Waals surface area contributed by atoms with Crippen molar-refractivity contribution in [2.75, 3.05) is 19.6 Å². The van der Waals surface area contributed by atoms with Gasteiger partial charge in [0.2, 0.25) is 0 Å². The molecule has 1 aliphatic carbocycles. The van der Waals surface area contributed by atoms with Gasteiger partial charge in [0.1, 0.15) is 0 Å². The highest BCUT2D eigenvalue weighted by atomic mass is 15.0. The van der Waals surface area contributed by atoms with Gasteiger partial charge in [-0.05, 0) is 37.1 Å². The van der Waals surface area contributed by atoms with Gasteiger partial charge in [-0.15, -0.1) is 0 Å². The average molecular weight is 210 g/mol. The fraction of sp³-hybridized carbons (Fsp3) is 1.00. The Morgan fingerprint density at radius 3 is 2.80 bits per heavy atom. The fourth-order valence-corrected chi connectivity index (χ4v) is 3.07. The Hall–Kier alpha value is -0.0800. The Labute approximate surface area is 94.2 Å². The molecule has 0 aromatic heterocycles. The number of rotatable bonds is 6. The van der Waals surface area contributed by atoms with E-state index >= 15 is 0 Å². The molecule has 1 heterocycles. The van der Waals surface area contributed by atoms with Gasteiger partial charge in [0.25, 0.3) is 0 Å². The molecule has 2 fully saturated rings. The van der Waals surface area contributed by atoms with Crippen LogP contribution in [0.15, 0.2) is 0 Å². The van der Waals surface area contributed by atoms with Crippen LogP contribution in [0.25, 0.3) is 0 Å². The standard InChI is InChI=1S/C13H26N2/c1-3-5-13(6-7-14-9-13)10-15-12-8-11(12)4-2/h11-12,14-15H,3-10H2,1-2H3. The summed E-state index contributed by atoms with van der Waals surface area (Å²) in [4.78, 5) is 0. The second kappa shape index (κ2) is 4.84. The molecule has 0 aromatic carbocycles. The van der Waals surface area contributed by atoms with Crippen LogP contribution in [0.3, 0.4) is 0 Å². The molecular weight excluding hydrogens is 184 g/mol. The Morgan fingerprint density at radius 2 is 2.27 bits per heavy atom. The van der Waals surface area contributed by atoms with Crippen LogP contribution in [0, 0.1) is 11.3 Å². The summed E-state index contributed by atoms with van der Waals surface area (Å²) in [6.07, 6.45) is 6.86. The van der Waals surface area contributed by atoms with Crippen LogP contribution in [0.4, 0.5) is 0 Å². The first-order chi connectivity index (χ1) is 7.29. The zero-order valence-electron chi connectivity index (χ0n) is 10.3. The molecule has 88 valence electrons. The quantitative estimate of drug-likeness (QED) is 0.702. The SMILES string of the molecule is CCCC1(CNC2CC2CC)CCNC1. The summed E-state index contributed by atoms with van der Waals surface area (Å²) in [6.45, 7) is 8.33. The molecule has 0 spiro atoms. The third-order valence-electron chi connectivity index (χ3n) is 4.30. The molecule has 15 heavy (non-hydrogen) atoms. The van der Waals surface area contributed by atoms with Gasteiger partial charge in [0.05, 0.1) is 0 Å². The minimum atomic E-state index is 0.579. The highest BCUT2D eigenvalue weighted by Crippen LogP contribution is 2.36. The molecule has 3 atom stereocenters. The second-order valence-corrected chi connectivity index (χ2v) is 5.57. The van der Waals surface area contributed by atoms with E-state index in [9.17, 15) is 0 Å². The average Bonchev–Trinajstić information content (AvgIpc) is 2.87. The molecule has 1 saturated heterocycles. The van der Waals surface area contributed by atoms with E-state index in [1.54, 1.807) is 0 Å². The molecule has 0 amide bonds. The van der Waals surface area contributed by atoms with Gasteiger partial charge in [0.15, 0.2) is 0 Å². The Balaban J connectivity index is 1.75. The summed E-state index contributed by atoms with van der Waals surface area (Å²) in [6, 6.07) is 0.851. The Kier molecular flexibility index (Phi) is 3.68. The summed E-state index contributed by atoms with van der Waals surface area (Å²) >= 11 is 0. The first-order valence-electron chi connectivity index (χ1n) is 6.74. The molecule has 0 aromatic rings. The van der Waals surface area contributed by atoms with Crippen molar-refractivity contribution in [3.63, 3.8) is 0 Å². The maximum atomic E-state index is 3.79. The summed E-state index contributed by atoms with van der Waals surface area (Å²) in [5, 5.41) is 7.31. The molecule has 2 N–H and O–H groups in total. The van der Waals surface area contributed by atoms with E-state index in [-0.39, 0.29) is 0 Å². The molecular formula is C13H26N2. The lowest BCUT2D eigenvalue weighted by Crippen LogP contribution is -2.37. The molecule has 0 radical (unpaired) electrons. The lowest BCUT2D eigenvalue weighted by Gasteiger charge is -2.28. The fourth-order valence-electron chi connectivity index (χ4n) is 3.07. The zero-order valence-corrected chi connectivity index (χ0v) is 10.3. The van der Waals surface area contributed by atoms with E-state index in [1.807, 2.05) is 0 Å². The second-order valence-electron chi connectivity index (χ2n) is 5.57. The highest BCUT2D eigenvalue weighted by molar-refractivity contribution is 4.96. The van der Waals surface area contributed by atoms with Crippen LogP contribution in [0.1, 0.15) is 46.0 Å². The number of hydrogen-bond acceptors (Lipinski definition) is 2. The minimum absolute atomic E-state index is 0.579. The predicted molar refractivity (Wildman–Crippen MR) is 65.0 cm³/mol. The Morgan fingerprint density at radius 1 is 1.40 bits per heavy atom. The normalized spacial score (nSPS) is 39.6. The van der Waals surface area contributed by atoms with Gasteiger partial charge in [-0.1, -0.05) is 26.7 Å². The third kappa shape index (κ3) is 2.73. The molecule has 2 aliphatic rings. The maximum Gasteiger partial charge on any atom is 0.00992 e. The van der Waals surface area contributed by atoms with Crippen LogP contribution >= 0.6 is 0 Å². The Bertz CT molecular complexity index is 197. The highest BCUT2D eigenvalue weighted by Gasteiger charge is 2.38. The van der Waals surface area contributed by atoms with E-state index in [2.05, 4.69) is 24.5 Å². The van der Waals surface area contributed by atoms with Crippen LogP contribution in [-0.2, 0) is 0 Å². The molecule has 1 saturated carbocycles. The first kappa shape index (κ1) is 11.4. The van der Waals surface area contributed by atoms with Crippen molar-refractivity contribution in [1.29, 1.82) is 0 Å². The van der Waals surface area contributed by atoms with Crippen molar-refractivity contribution in [2.24, 2.45) is 11.3 Å². The van der Waals surface area contributed by atoms with Crippen molar-refractivity contribution in [3.8, 4) is 0 Å². The van der Waals surface area contributed by atoms with Crippen LogP contribution in [0.5, 0.6) is 0 Å². The number of nitrogens with one attached hydrogen (secondary N) is 2. The molecule has 0 bridgehead atoms. The van der Waals surface area contributed by atoms with Crippen LogP contribution in [0.2, 0.25) is 0 Å². The topological polar surface area (TPSA) is 24.1 Å². The minimum Gasteiger partial charge on any atom is -0.316 e. The monoisotopic (exact) mass is 210 g/mol. The van der Waals surface area contributed by atoms with Gasteiger partial charge in [0, 0.05) is 19.1 Å². The van der Waals surface area contributed by atoms with Gasteiger partial charge in [-0.3, -0.25) is 0 Å². The van der Waals surface area contributed by atoms with Crippen molar-refractivity contribution in [3.05, 3.63) is 0 Å². The van der Waals surface area contributed by atoms with E-state index in [0.29, 0.717) is 5.41 Å². The van der Waals surface area contributed by atoms with E-state index < -0.39 is 0 Å². The summed E-state index contributed by atoms with van der Waals surface area (Å²) < 4.78 is 0. The van der Waals surface area contributed by atoms with Gasteiger partial charge in [-0.2, -0.15) is 0 Å². The van der Waals surface area contributed by atoms with Crippen molar-refractivity contribution >= 4 is 0 Å². The van der Waals surface area contributed by atoms with Crippen LogP contribution < -0.4 is 10.6 Å². The molecule has 1 aliphatic heterocycles. The van der Waals surface area contributed by atoms with Crippen molar-refractivity contribution < 1.29 is 0 Å². The number of hydrogen-bond donors (Lipinski definition) is 2. The van der Waals surface area contributed by atoms with Crippen molar-refractivity contribution in [1.82, 2.24) is 10.6 Å². The lowest BCUT2D eigenvalue weighted by molar-refractivity contribution is 0.273. The summed E-state index contributed by atoms with van der Waals surface area (Å²) in [5.41, 5.74) is 0.579. The van der Waals surface area contributed by atoms with Gasteiger partial charge >= 0.3 is 0 Å². The molecule has 2 nitrogen and oxygen atoms in total. The molecule has 2 heteroatoms. The molecule has 2 rings (SSSR count). The first-order valence-corrected chi connectivity index (χ1v) is 6.74. The smallest absolute Gasteiger partial charge is 0.00992 e. The third-order valence-corrected chi connectivity index (χ3v) is 4.30. The lowest BCUT2D eigenvalue weighted by atomic mass is 9.82. The van der Waals surface area contributed by atoms with Gasteiger partial charge in [-0.25, -0.2) is 0 Å².